The number of carbonyl (C=O) groups excluding carboxylic acids is 1. The Bertz CT molecular complexity index is 624. The van der Waals surface area contributed by atoms with Gasteiger partial charge in [-0.3, -0.25) is 4.79 Å². The molecule has 0 spiro atoms. The van der Waals surface area contributed by atoms with Gasteiger partial charge in [-0.1, -0.05) is 42.7 Å². The molecule has 21 heavy (non-hydrogen) atoms. The molecule has 2 heterocycles. The van der Waals surface area contributed by atoms with E-state index in [1.165, 1.54) is 28.8 Å². The maximum atomic E-state index is 12.6. The van der Waals surface area contributed by atoms with E-state index >= 15 is 0 Å². The van der Waals surface area contributed by atoms with Gasteiger partial charge in [0.2, 0.25) is 0 Å². The number of carbonyl (C=O) groups is 1. The lowest BCUT2D eigenvalue weighted by Crippen LogP contribution is -2.31. The van der Waals surface area contributed by atoms with E-state index in [0.717, 1.165) is 31.5 Å². The summed E-state index contributed by atoms with van der Waals surface area (Å²) in [7, 11) is 0. The quantitative estimate of drug-likeness (QED) is 0.784. The topological polar surface area (TPSA) is 20.3 Å². The number of hydrogen-bond donors (Lipinski definition) is 0. The molecular weight excluding hydrogens is 278 g/mol. The number of rotatable bonds is 2. The van der Waals surface area contributed by atoms with Gasteiger partial charge in [-0.15, -0.1) is 11.3 Å². The summed E-state index contributed by atoms with van der Waals surface area (Å²) >= 11 is 1.66. The van der Waals surface area contributed by atoms with Crippen LogP contribution in [0.5, 0.6) is 0 Å². The average molecular weight is 299 g/mol. The zero-order valence-electron chi connectivity index (χ0n) is 12.5. The molecule has 0 unspecified atom stereocenters. The van der Waals surface area contributed by atoms with Crippen molar-refractivity contribution in [3.8, 4) is 10.4 Å². The predicted octanol–water partition coefficient (Wildman–Crippen LogP) is 4.74. The third-order valence-corrected chi connectivity index (χ3v) is 5.02. The highest BCUT2D eigenvalue weighted by Gasteiger charge is 2.18. The lowest BCUT2D eigenvalue weighted by molar-refractivity contribution is 0.0762. The summed E-state index contributed by atoms with van der Waals surface area (Å²) in [6.07, 6.45) is 4.78. The average Bonchev–Trinajstić information content (AvgIpc) is 2.82. The van der Waals surface area contributed by atoms with E-state index in [0.29, 0.717) is 0 Å². The summed E-state index contributed by atoms with van der Waals surface area (Å²) in [5, 5.41) is 2.00. The maximum Gasteiger partial charge on any atom is 0.254 e. The van der Waals surface area contributed by atoms with Crippen LogP contribution in [0.15, 0.2) is 35.7 Å². The molecule has 1 aliphatic heterocycles. The van der Waals surface area contributed by atoms with Gasteiger partial charge in [0.05, 0.1) is 5.56 Å². The molecule has 0 bridgehead atoms. The molecule has 1 aliphatic rings. The number of hydrogen-bond acceptors (Lipinski definition) is 2. The van der Waals surface area contributed by atoms with Crippen molar-refractivity contribution in [1.29, 1.82) is 0 Å². The summed E-state index contributed by atoms with van der Waals surface area (Å²) in [5.41, 5.74) is 3.30. The molecule has 110 valence electrons. The molecule has 1 amide bonds. The summed E-state index contributed by atoms with van der Waals surface area (Å²) in [6, 6.07) is 10.5. The molecule has 2 aromatic rings. The maximum absolute atomic E-state index is 12.6. The van der Waals surface area contributed by atoms with Crippen molar-refractivity contribution in [2.75, 3.05) is 13.1 Å². The molecule has 2 nitrogen and oxygen atoms in total. The first-order chi connectivity index (χ1) is 10.2. The van der Waals surface area contributed by atoms with Crippen molar-refractivity contribution in [3.05, 3.63) is 46.8 Å². The summed E-state index contributed by atoms with van der Waals surface area (Å²) in [4.78, 5) is 15.8. The van der Waals surface area contributed by atoms with Crippen molar-refractivity contribution >= 4 is 17.2 Å². The second-order valence-electron chi connectivity index (χ2n) is 5.78. The smallest absolute Gasteiger partial charge is 0.254 e. The number of aryl methyl sites for hydroxylation is 1. The number of likely N-dealkylation sites (tertiary alicyclic amines) is 1. The Morgan fingerprint density at radius 3 is 2.57 bits per heavy atom. The van der Waals surface area contributed by atoms with E-state index < -0.39 is 0 Å². The second kappa shape index (κ2) is 6.44. The standard InChI is InChI=1S/C18H21NOS/c1-14-7-6-8-15(11-14)17-12-16(13-21-17)18(20)19-9-4-2-3-5-10-19/h6-8,11-13H,2-5,9-10H2,1H3. The molecule has 1 aromatic carbocycles. The minimum absolute atomic E-state index is 0.201. The molecular formula is C18H21NOS. The minimum Gasteiger partial charge on any atom is -0.339 e. The van der Waals surface area contributed by atoms with Crippen LogP contribution < -0.4 is 0 Å². The van der Waals surface area contributed by atoms with Crippen molar-refractivity contribution in [1.82, 2.24) is 4.90 Å². The van der Waals surface area contributed by atoms with E-state index in [9.17, 15) is 4.79 Å². The lowest BCUT2D eigenvalue weighted by Gasteiger charge is -2.19. The number of amides is 1. The summed E-state index contributed by atoms with van der Waals surface area (Å²) in [6.45, 7) is 3.92. The molecule has 1 aromatic heterocycles. The molecule has 0 radical (unpaired) electrons. The van der Waals surface area contributed by atoms with Crippen LogP contribution in [0.3, 0.4) is 0 Å². The van der Waals surface area contributed by atoms with Crippen LogP contribution in [0.2, 0.25) is 0 Å². The molecule has 0 aliphatic carbocycles. The van der Waals surface area contributed by atoms with Gasteiger partial charge in [0, 0.05) is 23.3 Å². The summed E-state index contributed by atoms with van der Waals surface area (Å²) in [5.74, 6) is 0.201. The molecule has 1 fully saturated rings. The highest BCUT2D eigenvalue weighted by atomic mass is 32.1. The Labute approximate surface area is 130 Å². The van der Waals surface area contributed by atoms with Crippen LogP contribution in [0, 0.1) is 6.92 Å². The van der Waals surface area contributed by atoms with Gasteiger partial charge >= 0.3 is 0 Å². The van der Waals surface area contributed by atoms with Gasteiger partial charge in [0.1, 0.15) is 0 Å². The Kier molecular flexibility index (Phi) is 4.39. The van der Waals surface area contributed by atoms with Gasteiger partial charge in [-0.05, 0) is 31.4 Å². The normalized spacial score (nSPS) is 15.8. The third kappa shape index (κ3) is 3.35. The Balaban J connectivity index is 1.79. The molecule has 0 N–H and O–H groups in total. The largest absolute Gasteiger partial charge is 0.339 e. The highest BCUT2D eigenvalue weighted by molar-refractivity contribution is 7.13. The Hall–Kier alpha value is -1.61. The fourth-order valence-corrected chi connectivity index (χ4v) is 3.74. The SMILES string of the molecule is Cc1cccc(-c2cc(C(=O)N3CCCCCC3)cs2)c1. The van der Waals surface area contributed by atoms with Gasteiger partial charge in [0.15, 0.2) is 0 Å². The molecule has 1 saturated heterocycles. The van der Waals surface area contributed by atoms with Gasteiger partial charge in [0.25, 0.3) is 5.91 Å². The van der Waals surface area contributed by atoms with E-state index in [4.69, 9.17) is 0 Å². The van der Waals surface area contributed by atoms with E-state index in [1.54, 1.807) is 11.3 Å². The van der Waals surface area contributed by atoms with Gasteiger partial charge < -0.3 is 4.90 Å². The van der Waals surface area contributed by atoms with Crippen LogP contribution in [0.25, 0.3) is 10.4 Å². The molecule has 0 saturated carbocycles. The number of nitrogens with zero attached hydrogens (tertiary/aromatic N) is 1. The first kappa shape index (κ1) is 14.3. The number of thiophene rings is 1. The Morgan fingerprint density at radius 1 is 1.10 bits per heavy atom. The fourth-order valence-electron chi connectivity index (χ4n) is 2.85. The van der Waals surface area contributed by atoms with E-state index in [-0.39, 0.29) is 5.91 Å². The second-order valence-corrected chi connectivity index (χ2v) is 6.69. The summed E-state index contributed by atoms with van der Waals surface area (Å²) < 4.78 is 0. The zero-order valence-corrected chi connectivity index (χ0v) is 13.3. The van der Waals surface area contributed by atoms with Crippen molar-refractivity contribution in [2.45, 2.75) is 32.6 Å². The zero-order chi connectivity index (χ0) is 14.7. The third-order valence-electron chi connectivity index (χ3n) is 4.04. The fraction of sp³-hybridized carbons (Fsp3) is 0.389. The minimum atomic E-state index is 0.201. The predicted molar refractivity (Wildman–Crippen MR) is 88.9 cm³/mol. The van der Waals surface area contributed by atoms with Crippen molar-refractivity contribution in [3.63, 3.8) is 0 Å². The van der Waals surface area contributed by atoms with Crippen LogP contribution in [0.1, 0.15) is 41.6 Å². The van der Waals surface area contributed by atoms with Crippen LogP contribution >= 0.6 is 11.3 Å². The molecule has 0 atom stereocenters. The lowest BCUT2D eigenvalue weighted by atomic mass is 10.1. The number of benzene rings is 1. The first-order valence-corrected chi connectivity index (χ1v) is 8.57. The van der Waals surface area contributed by atoms with Gasteiger partial charge in [-0.25, -0.2) is 0 Å². The monoisotopic (exact) mass is 299 g/mol. The van der Waals surface area contributed by atoms with Crippen LogP contribution in [-0.2, 0) is 0 Å². The molecule has 3 rings (SSSR count). The van der Waals surface area contributed by atoms with Crippen LogP contribution in [0.4, 0.5) is 0 Å². The van der Waals surface area contributed by atoms with Gasteiger partial charge in [-0.2, -0.15) is 0 Å². The van der Waals surface area contributed by atoms with Crippen molar-refractivity contribution in [2.24, 2.45) is 0 Å². The van der Waals surface area contributed by atoms with E-state index in [1.807, 2.05) is 16.3 Å². The highest BCUT2D eigenvalue weighted by Crippen LogP contribution is 2.28. The molecule has 3 heteroatoms. The first-order valence-electron chi connectivity index (χ1n) is 7.69. The van der Waals surface area contributed by atoms with Crippen LogP contribution in [-0.4, -0.2) is 23.9 Å². The van der Waals surface area contributed by atoms with Crippen molar-refractivity contribution < 1.29 is 4.79 Å². The Morgan fingerprint density at radius 2 is 1.86 bits per heavy atom. The van der Waals surface area contributed by atoms with E-state index in [2.05, 4.69) is 31.2 Å².